The minimum atomic E-state index is -0.200. The Morgan fingerprint density at radius 3 is 2.95 bits per heavy atom. The molecule has 1 saturated heterocycles. The highest BCUT2D eigenvalue weighted by atomic mass is 32.2. The second-order valence-corrected chi connectivity index (χ2v) is 6.61. The summed E-state index contributed by atoms with van der Waals surface area (Å²) in [6, 6.07) is 8.10. The summed E-state index contributed by atoms with van der Waals surface area (Å²) in [5.74, 6) is 0.520. The summed E-state index contributed by atoms with van der Waals surface area (Å²) in [4.78, 5) is 27.5. The smallest absolute Gasteiger partial charge is 0.310 e. The summed E-state index contributed by atoms with van der Waals surface area (Å²) >= 11 is 1.74. The molecule has 2 atom stereocenters. The number of fused-ring (bicyclic) bond motifs is 1. The van der Waals surface area contributed by atoms with Gasteiger partial charge in [-0.05, 0) is 24.5 Å². The molecule has 1 fully saturated rings. The molecule has 0 aromatic heterocycles. The van der Waals surface area contributed by atoms with E-state index in [1.54, 1.807) is 11.8 Å². The number of carbonyl (C=O) groups is 2. The molecule has 0 aliphatic carbocycles. The number of rotatable bonds is 2. The van der Waals surface area contributed by atoms with E-state index in [2.05, 4.69) is 6.07 Å². The van der Waals surface area contributed by atoms with Crippen LogP contribution in [0.4, 0.5) is 0 Å². The van der Waals surface area contributed by atoms with Crippen molar-refractivity contribution >= 4 is 23.6 Å². The van der Waals surface area contributed by atoms with Crippen LogP contribution in [-0.4, -0.2) is 42.7 Å². The van der Waals surface area contributed by atoms with Crippen LogP contribution in [0.5, 0.6) is 0 Å². The maximum atomic E-state index is 12.8. The lowest BCUT2D eigenvalue weighted by Crippen LogP contribution is -2.44. The van der Waals surface area contributed by atoms with E-state index in [0.717, 1.165) is 30.7 Å². The molecule has 4 nitrogen and oxygen atoms in total. The Morgan fingerprint density at radius 1 is 1.33 bits per heavy atom. The van der Waals surface area contributed by atoms with Crippen molar-refractivity contribution in [1.29, 1.82) is 0 Å². The van der Waals surface area contributed by atoms with Gasteiger partial charge in [0.15, 0.2) is 0 Å². The summed E-state index contributed by atoms with van der Waals surface area (Å²) in [6.07, 6.45) is 1.68. The molecule has 0 saturated carbocycles. The standard InChI is InChI=1S/C16H19NO3S/c1-20-16(19)11-5-4-8-17(9-11)15(18)13-10-21-14-7-3-2-6-12(13)14/h2-3,6-7,11,13H,4-5,8-10H2,1H3/t11-,13?/m0/s1. The first-order chi connectivity index (χ1) is 10.2. The van der Waals surface area contributed by atoms with Crippen LogP contribution in [0.2, 0.25) is 0 Å². The topological polar surface area (TPSA) is 46.6 Å². The van der Waals surface area contributed by atoms with E-state index in [1.807, 2.05) is 23.1 Å². The first-order valence-corrected chi connectivity index (χ1v) is 8.27. The lowest BCUT2D eigenvalue weighted by Gasteiger charge is -2.33. The molecule has 2 aliphatic heterocycles. The highest BCUT2D eigenvalue weighted by Crippen LogP contribution is 2.40. The molecule has 1 aromatic rings. The molecule has 0 radical (unpaired) electrons. The van der Waals surface area contributed by atoms with Crippen molar-refractivity contribution in [2.45, 2.75) is 23.7 Å². The average Bonchev–Trinajstić information content (AvgIpc) is 2.97. The second kappa shape index (κ2) is 6.10. The number of ether oxygens (including phenoxy) is 1. The van der Waals surface area contributed by atoms with Crippen LogP contribution in [0, 0.1) is 5.92 Å². The van der Waals surface area contributed by atoms with Crippen LogP contribution in [0.3, 0.4) is 0 Å². The van der Waals surface area contributed by atoms with Crippen molar-refractivity contribution in [3.05, 3.63) is 29.8 Å². The molecule has 0 spiro atoms. The quantitative estimate of drug-likeness (QED) is 0.787. The molecule has 2 heterocycles. The number of likely N-dealkylation sites (tertiary alicyclic amines) is 1. The minimum Gasteiger partial charge on any atom is -0.469 e. The Kier molecular flexibility index (Phi) is 4.19. The van der Waals surface area contributed by atoms with Gasteiger partial charge < -0.3 is 9.64 Å². The zero-order valence-corrected chi connectivity index (χ0v) is 12.9. The van der Waals surface area contributed by atoms with E-state index in [-0.39, 0.29) is 23.7 Å². The van der Waals surface area contributed by atoms with Gasteiger partial charge in [-0.25, -0.2) is 0 Å². The maximum Gasteiger partial charge on any atom is 0.310 e. The summed E-state index contributed by atoms with van der Waals surface area (Å²) in [7, 11) is 1.41. The molecule has 112 valence electrons. The Morgan fingerprint density at radius 2 is 2.14 bits per heavy atom. The number of hydrogen-bond donors (Lipinski definition) is 0. The van der Waals surface area contributed by atoms with Gasteiger partial charge in [0.2, 0.25) is 5.91 Å². The van der Waals surface area contributed by atoms with Gasteiger partial charge in [-0.15, -0.1) is 11.8 Å². The summed E-state index contributed by atoms with van der Waals surface area (Å²) in [5, 5.41) is 0. The fourth-order valence-corrected chi connectivity index (χ4v) is 4.34. The molecule has 1 aromatic carbocycles. The molecule has 3 rings (SSSR count). The van der Waals surface area contributed by atoms with Gasteiger partial charge in [-0.2, -0.15) is 0 Å². The Hall–Kier alpha value is -1.49. The number of methoxy groups -OCH3 is 1. The number of amides is 1. The molecule has 0 N–H and O–H groups in total. The van der Waals surface area contributed by atoms with E-state index >= 15 is 0 Å². The normalized spacial score (nSPS) is 24.5. The number of thioether (sulfide) groups is 1. The van der Waals surface area contributed by atoms with Gasteiger partial charge in [0, 0.05) is 23.7 Å². The first kappa shape index (κ1) is 14.4. The lowest BCUT2D eigenvalue weighted by atomic mass is 9.94. The summed E-state index contributed by atoms with van der Waals surface area (Å²) in [6.45, 7) is 1.24. The van der Waals surface area contributed by atoms with E-state index < -0.39 is 0 Å². The van der Waals surface area contributed by atoms with Crippen molar-refractivity contribution in [3.8, 4) is 0 Å². The molecule has 1 unspecified atom stereocenters. The number of carbonyl (C=O) groups excluding carboxylic acids is 2. The number of piperidine rings is 1. The van der Waals surface area contributed by atoms with Crippen LogP contribution in [-0.2, 0) is 14.3 Å². The lowest BCUT2D eigenvalue weighted by molar-refractivity contribution is -0.149. The number of nitrogens with zero attached hydrogens (tertiary/aromatic N) is 1. The SMILES string of the molecule is COC(=O)[C@H]1CCCN(C(=O)C2CSc3ccccc32)C1. The number of hydrogen-bond acceptors (Lipinski definition) is 4. The Labute approximate surface area is 128 Å². The van der Waals surface area contributed by atoms with Crippen molar-refractivity contribution in [3.63, 3.8) is 0 Å². The number of esters is 1. The zero-order valence-electron chi connectivity index (χ0n) is 12.1. The van der Waals surface area contributed by atoms with Gasteiger partial charge >= 0.3 is 5.97 Å². The van der Waals surface area contributed by atoms with E-state index in [9.17, 15) is 9.59 Å². The van der Waals surface area contributed by atoms with Gasteiger partial charge in [0.05, 0.1) is 18.9 Å². The van der Waals surface area contributed by atoms with Crippen molar-refractivity contribution in [2.75, 3.05) is 26.0 Å². The molecule has 5 heteroatoms. The zero-order chi connectivity index (χ0) is 14.8. The maximum absolute atomic E-state index is 12.8. The van der Waals surface area contributed by atoms with Crippen LogP contribution < -0.4 is 0 Å². The highest BCUT2D eigenvalue weighted by Gasteiger charge is 2.35. The van der Waals surface area contributed by atoms with E-state index in [1.165, 1.54) is 12.0 Å². The Balaban J connectivity index is 1.73. The van der Waals surface area contributed by atoms with Gasteiger partial charge in [-0.1, -0.05) is 18.2 Å². The average molecular weight is 305 g/mol. The predicted molar refractivity (Wildman–Crippen MR) is 81.2 cm³/mol. The van der Waals surface area contributed by atoms with E-state index in [0.29, 0.717) is 6.54 Å². The largest absolute Gasteiger partial charge is 0.469 e. The predicted octanol–water partition coefficient (Wildman–Crippen LogP) is 2.29. The van der Waals surface area contributed by atoms with Gasteiger partial charge in [-0.3, -0.25) is 9.59 Å². The van der Waals surface area contributed by atoms with Crippen molar-refractivity contribution < 1.29 is 14.3 Å². The molecule has 2 aliphatic rings. The summed E-state index contributed by atoms with van der Waals surface area (Å²) in [5.41, 5.74) is 1.13. The second-order valence-electron chi connectivity index (χ2n) is 5.55. The molecule has 1 amide bonds. The minimum absolute atomic E-state index is 0.0670. The third-order valence-corrected chi connectivity index (χ3v) is 5.45. The Bertz CT molecular complexity index is 560. The first-order valence-electron chi connectivity index (χ1n) is 7.29. The highest BCUT2D eigenvalue weighted by molar-refractivity contribution is 7.99. The fourth-order valence-electron chi connectivity index (χ4n) is 3.12. The van der Waals surface area contributed by atoms with Crippen LogP contribution >= 0.6 is 11.8 Å². The third kappa shape index (κ3) is 2.79. The molecule has 21 heavy (non-hydrogen) atoms. The summed E-state index contributed by atoms with van der Waals surface area (Å²) < 4.78 is 4.82. The van der Waals surface area contributed by atoms with Crippen molar-refractivity contribution in [1.82, 2.24) is 4.90 Å². The van der Waals surface area contributed by atoms with E-state index in [4.69, 9.17) is 4.74 Å². The molecular weight excluding hydrogens is 286 g/mol. The van der Waals surface area contributed by atoms with Gasteiger partial charge in [0.1, 0.15) is 0 Å². The van der Waals surface area contributed by atoms with Crippen LogP contribution in [0.15, 0.2) is 29.2 Å². The molecular formula is C16H19NO3S. The van der Waals surface area contributed by atoms with Crippen molar-refractivity contribution in [2.24, 2.45) is 5.92 Å². The van der Waals surface area contributed by atoms with Crippen LogP contribution in [0.25, 0.3) is 0 Å². The number of benzene rings is 1. The van der Waals surface area contributed by atoms with Crippen LogP contribution in [0.1, 0.15) is 24.3 Å². The fraction of sp³-hybridized carbons (Fsp3) is 0.500. The third-order valence-electron chi connectivity index (χ3n) is 4.27. The monoisotopic (exact) mass is 305 g/mol. The van der Waals surface area contributed by atoms with Gasteiger partial charge in [0.25, 0.3) is 0 Å². The molecule has 0 bridgehead atoms.